The third kappa shape index (κ3) is 6.03. The topological polar surface area (TPSA) is 74.2 Å². The minimum atomic E-state index is -0.284. The number of thiocyanates is 1. The number of benzene rings is 2. The van der Waals surface area contributed by atoms with E-state index in [1.54, 1.807) is 36.4 Å². The fourth-order valence-electron chi connectivity index (χ4n) is 1.85. The number of carbonyl (C=O) groups excluding carboxylic acids is 1. The van der Waals surface area contributed by atoms with Crippen LogP contribution in [0.15, 0.2) is 53.4 Å². The molecule has 0 aliphatic carbocycles. The van der Waals surface area contributed by atoms with E-state index in [0.717, 1.165) is 16.7 Å². The molecular weight excluding hydrogens is 346 g/mol. The fraction of sp³-hybridized carbons (Fsp3) is 0.176. The van der Waals surface area contributed by atoms with Crippen LogP contribution in [0.5, 0.6) is 5.75 Å². The van der Waals surface area contributed by atoms with Crippen LogP contribution < -0.4 is 15.4 Å². The lowest BCUT2D eigenvalue weighted by Crippen LogP contribution is -2.30. The van der Waals surface area contributed by atoms with Gasteiger partial charge in [-0.15, -0.1) is 0 Å². The molecule has 0 saturated carbocycles. The zero-order valence-electron chi connectivity index (χ0n) is 12.8. The van der Waals surface area contributed by atoms with E-state index in [1.165, 1.54) is 0 Å². The van der Waals surface area contributed by atoms with Gasteiger partial charge in [-0.2, -0.15) is 5.26 Å². The van der Waals surface area contributed by atoms with Gasteiger partial charge < -0.3 is 15.4 Å². The van der Waals surface area contributed by atoms with Crippen molar-refractivity contribution < 1.29 is 9.53 Å². The summed E-state index contributed by atoms with van der Waals surface area (Å²) in [6.07, 6.45) is 0.663. The van der Waals surface area contributed by atoms with E-state index in [-0.39, 0.29) is 6.03 Å². The molecule has 0 bridgehead atoms. The smallest absolute Gasteiger partial charge is 0.319 e. The average molecular weight is 362 g/mol. The third-order valence-corrected chi connectivity index (χ3v) is 3.89. The number of urea groups is 1. The predicted molar refractivity (Wildman–Crippen MR) is 96.5 cm³/mol. The maximum Gasteiger partial charge on any atom is 0.319 e. The molecule has 0 aliphatic rings. The predicted octanol–water partition coefficient (Wildman–Crippen LogP) is 4.50. The van der Waals surface area contributed by atoms with Crippen molar-refractivity contribution in [1.29, 1.82) is 5.26 Å². The number of anilines is 1. The van der Waals surface area contributed by atoms with Crippen LogP contribution in [0.3, 0.4) is 0 Å². The molecule has 0 atom stereocenters. The van der Waals surface area contributed by atoms with E-state index in [2.05, 4.69) is 10.6 Å². The second-order valence-corrected chi connectivity index (χ2v) is 6.00. The average Bonchev–Trinajstić information content (AvgIpc) is 2.58. The van der Waals surface area contributed by atoms with Crippen LogP contribution in [0.4, 0.5) is 10.5 Å². The number of nitriles is 1. The summed E-state index contributed by atoms with van der Waals surface area (Å²) in [4.78, 5) is 12.6. The van der Waals surface area contributed by atoms with Gasteiger partial charge in [-0.3, -0.25) is 0 Å². The highest BCUT2D eigenvalue weighted by Crippen LogP contribution is 2.23. The number of thioether (sulfide) groups is 1. The summed E-state index contributed by atoms with van der Waals surface area (Å²) in [6, 6.07) is 14.0. The Labute approximate surface area is 150 Å². The van der Waals surface area contributed by atoms with E-state index in [9.17, 15) is 4.79 Å². The number of amides is 2. The minimum Gasteiger partial charge on any atom is -0.492 e. The molecule has 124 valence electrons. The quantitative estimate of drug-likeness (QED) is 0.432. The normalized spacial score (nSPS) is 9.83. The number of para-hydroxylation sites is 1. The van der Waals surface area contributed by atoms with Crippen LogP contribution in [0, 0.1) is 10.7 Å². The fourth-order valence-corrected chi connectivity index (χ4v) is 2.42. The molecule has 0 aromatic heterocycles. The standard InChI is InChI=1S/C17H16ClN3O2S/c18-15-4-1-2-5-16(15)23-11-3-10-20-17(22)21-13-6-8-14(9-7-13)24-12-19/h1-2,4-9H,3,10-11H2,(H2,20,21,22). The van der Waals surface area contributed by atoms with Crippen molar-refractivity contribution >= 4 is 35.1 Å². The van der Waals surface area contributed by atoms with Gasteiger partial charge in [0.25, 0.3) is 0 Å². The van der Waals surface area contributed by atoms with Crippen molar-refractivity contribution in [3.05, 3.63) is 53.6 Å². The number of carbonyl (C=O) groups is 1. The molecule has 2 N–H and O–H groups in total. The lowest BCUT2D eigenvalue weighted by atomic mass is 10.3. The van der Waals surface area contributed by atoms with Crippen LogP contribution in [0.2, 0.25) is 5.02 Å². The molecule has 2 amide bonds. The van der Waals surface area contributed by atoms with E-state index < -0.39 is 0 Å². The highest BCUT2D eigenvalue weighted by Gasteiger charge is 2.02. The Kier molecular flexibility index (Phi) is 7.27. The molecule has 5 nitrogen and oxygen atoms in total. The van der Waals surface area contributed by atoms with Crippen molar-refractivity contribution in [2.24, 2.45) is 0 Å². The van der Waals surface area contributed by atoms with Crippen LogP contribution in [0.1, 0.15) is 6.42 Å². The van der Waals surface area contributed by atoms with Crippen molar-refractivity contribution in [1.82, 2.24) is 5.32 Å². The monoisotopic (exact) mass is 361 g/mol. The molecule has 24 heavy (non-hydrogen) atoms. The SMILES string of the molecule is N#CSc1ccc(NC(=O)NCCCOc2ccccc2Cl)cc1. The summed E-state index contributed by atoms with van der Waals surface area (Å²) in [6.45, 7) is 0.947. The van der Waals surface area contributed by atoms with Gasteiger partial charge in [0.15, 0.2) is 0 Å². The van der Waals surface area contributed by atoms with Crippen LogP contribution in [-0.4, -0.2) is 19.2 Å². The Morgan fingerprint density at radius 2 is 1.96 bits per heavy atom. The summed E-state index contributed by atoms with van der Waals surface area (Å²) in [5.74, 6) is 0.638. The van der Waals surface area contributed by atoms with Gasteiger partial charge in [-0.05, 0) is 54.6 Å². The number of nitrogens with zero attached hydrogens (tertiary/aromatic N) is 1. The van der Waals surface area contributed by atoms with Gasteiger partial charge in [0, 0.05) is 17.1 Å². The van der Waals surface area contributed by atoms with Crippen LogP contribution in [-0.2, 0) is 0 Å². The molecule has 0 saturated heterocycles. The number of nitrogens with one attached hydrogen (secondary N) is 2. The first-order valence-corrected chi connectivity index (χ1v) is 8.46. The molecule has 2 aromatic carbocycles. The molecule has 0 fully saturated rings. The van der Waals surface area contributed by atoms with Crippen LogP contribution in [0.25, 0.3) is 0 Å². The van der Waals surface area contributed by atoms with Gasteiger partial charge in [-0.25, -0.2) is 4.79 Å². The van der Waals surface area contributed by atoms with Gasteiger partial charge >= 0.3 is 6.03 Å². The van der Waals surface area contributed by atoms with Crippen LogP contribution >= 0.6 is 23.4 Å². The number of ether oxygens (including phenoxy) is 1. The summed E-state index contributed by atoms with van der Waals surface area (Å²) in [5, 5.41) is 16.6. The summed E-state index contributed by atoms with van der Waals surface area (Å²) < 4.78 is 5.54. The van der Waals surface area contributed by atoms with E-state index in [1.807, 2.05) is 17.5 Å². The number of rotatable bonds is 7. The lowest BCUT2D eigenvalue weighted by Gasteiger charge is -2.09. The van der Waals surface area contributed by atoms with Crippen molar-refractivity contribution in [3.63, 3.8) is 0 Å². The highest BCUT2D eigenvalue weighted by molar-refractivity contribution is 8.03. The summed E-state index contributed by atoms with van der Waals surface area (Å²) in [5.41, 5.74) is 0.669. The molecular formula is C17H16ClN3O2S. The summed E-state index contributed by atoms with van der Waals surface area (Å²) >= 11 is 7.06. The Morgan fingerprint density at radius 3 is 2.67 bits per heavy atom. The second kappa shape index (κ2) is 9.71. The Balaban J connectivity index is 1.64. The molecule has 2 aromatic rings. The third-order valence-electron chi connectivity index (χ3n) is 2.98. The van der Waals surface area contributed by atoms with Crippen molar-refractivity contribution in [3.8, 4) is 11.2 Å². The Morgan fingerprint density at radius 1 is 1.21 bits per heavy atom. The lowest BCUT2D eigenvalue weighted by molar-refractivity contribution is 0.250. The molecule has 0 heterocycles. The zero-order valence-corrected chi connectivity index (χ0v) is 14.4. The van der Waals surface area contributed by atoms with E-state index >= 15 is 0 Å². The summed E-state index contributed by atoms with van der Waals surface area (Å²) in [7, 11) is 0. The number of hydrogen-bond donors (Lipinski definition) is 2. The zero-order chi connectivity index (χ0) is 17.2. The highest BCUT2D eigenvalue weighted by atomic mass is 35.5. The molecule has 2 rings (SSSR count). The van der Waals surface area contributed by atoms with Gasteiger partial charge in [0.1, 0.15) is 11.2 Å². The largest absolute Gasteiger partial charge is 0.492 e. The maximum atomic E-state index is 11.8. The van der Waals surface area contributed by atoms with Gasteiger partial charge in [-0.1, -0.05) is 23.7 Å². The molecule has 0 radical (unpaired) electrons. The first-order valence-electron chi connectivity index (χ1n) is 7.27. The molecule has 0 spiro atoms. The van der Waals surface area contributed by atoms with Crippen molar-refractivity contribution in [2.75, 3.05) is 18.5 Å². The molecule has 7 heteroatoms. The van der Waals surface area contributed by atoms with Gasteiger partial charge in [0.2, 0.25) is 0 Å². The first-order chi connectivity index (χ1) is 11.7. The van der Waals surface area contributed by atoms with Gasteiger partial charge in [0.05, 0.1) is 11.6 Å². The first kappa shape index (κ1) is 18.0. The number of halogens is 1. The number of hydrogen-bond acceptors (Lipinski definition) is 4. The van der Waals surface area contributed by atoms with E-state index in [4.69, 9.17) is 21.6 Å². The van der Waals surface area contributed by atoms with E-state index in [0.29, 0.717) is 36.0 Å². The Hall–Kier alpha value is -2.36. The Bertz CT molecular complexity index is 717. The molecule has 0 unspecified atom stereocenters. The second-order valence-electron chi connectivity index (χ2n) is 4.73. The minimum absolute atomic E-state index is 0.284. The maximum absolute atomic E-state index is 11.8. The molecule has 0 aliphatic heterocycles. The van der Waals surface area contributed by atoms with Crippen molar-refractivity contribution in [2.45, 2.75) is 11.3 Å².